The molecule has 0 aliphatic carbocycles. The Bertz CT molecular complexity index is 650. The van der Waals surface area contributed by atoms with Gasteiger partial charge in [-0.3, -0.25) is 5.32 Å². The number of para-hydroxylation sites is 1. The van der Waals surface area contributed by atoms with Crippen LogP contribution < -0.4 is 22.5 Å². The van der Waals surface area contributed by atoms with Crippen LogP contribution in [-0.4, -0.2) is 42.4 Å². The molecular weight excluding hydrogens is 320 g/mol. The fourth-order valence-electron chi connectivity index (χ4n) is 2.41. The van der Waals surface area contributed by atoms with E-state index >= 15 is 0 Å². The Labute approximate surface area is 147 Å². The molecule has 9 N–H and O–H groups in total. The number of phenols is 1. The summed E-state index contributed by atoms with van der Waals surface area (Å²) in [4.78, 5) is 12.1. The SMILES string of the molecule is NCCN.NCCNC(C(=O)O)(c1ccccc1)c1ccccc1O. The second-order valence-electron chi connectivity index (χ2n) is 5.23. The van der Waals surface area contributed by atoms with E-state index in [1.54, 1.807) is 42.5 Å². The molecule has 0 saturated heterocycles. The molecule has 0 fully saturated rings. The zero-order chi connectivity index (χ0) is 18.7. The average Bonchev–Trinajstić information content (AvgIpc) is 2.64. The van der Waals surface area contributed by atoms with E-state index in [0.717, 1.165) is 0 Å². The number of aliphatic carboxylic acids is 1. The van der Waals surface area contributed by atoms with E-state index in [9.17, 15) is 15.0 Å². The maximum atomic E-state index is 12.1. The minimum Gasteiger partial charge on any atom is -0.508 e. The van der Waals surface area contributed by atoms with Crippen LogP contribution >= 0.6 is 0 Å². The second-order valence-corrected chi connectivity index (χ2v) is 5.23. The van der Waals surface area contributed by atoms with Crippen molar-refractivity contribution in [2.24, 2.45) is 17.2 Å². The van der Waals surface area contributed by atoms with Crippen LogP contribution in [0.1, 0.15) is 11.1 Å². The highest BCUT2D eigenvalue weighted by atomic mass is 16.4. The average molecular weight is 346 g/mol. The van der Waals surface area contributed by atoms with Gasteiger partial charge in [0.2, 0.25) is 0 Å². The minimum atomic E-state index is -1.54. The van der Waals surface area contributed by atoms with Crippen molar-refractivity contribution < 1.29 is 15.0 Å². The van der Waals surface area contributed by atoms with Crippen LogP contribution in [-0.2, 0) is 10.3 Å². The lowest BCUT2D eigenvalue weighted by Crippen LogP contribution is -2.51. The zero-order valence-corrected chi connectivity index (χ0v) is 14.1. The predicted octanol–water partition coefficient (Wildman–Crippen LogP) is 0.173. The van der Waals surface area contributed by atoms with Gasteiger partial charge < -0.3 is 27.4 Å². The van der Waals surface area contributed by atoms with Crippen molar-refractivity contribution in [1.29, 1.82) is 0 Å². The highest BCUT2D eigenvalue weighted by Gasteiger charge is 2.43. The number of hydrogen-bond acceptors (Lipinski definition) is 6. The van der Waals surface area contributed by atoms with Crippen LogP contribution in [0.25, 0.3) is 0 Å². The summed E-state index contributed by atoms with van der Waals surface area (Å²) in [5.41, 5.74) is 14.6. The number of carbonyl (C=O) groups is 1. The first-order valence-corrected chi connectivity index (χ1v) is 7.97. The summed E-state index contributed by atoms with van der Waals surface area (Å²) in [5, 5.41) is 23.0. The third kappa shape index (κ3) is 5.01. The first-order chi connectivity index (χ1) is 12.0. The van der Waals surface area contributed by atoms with Gasteiger partial charge in [0, 0.05) is 31.7 Å². The normalized spacial score (nSPS) is 12.6. The van der Waals surface area contributed by atoms with E-state index in [-0.39, 0.29) is 17.9 Å². The lowest BCUT2D eigenvalue weighted by Gasteiger charge is -2.32. The first-order valence-electron chi connectivity index (χ1n) is 7.97. The topological polar surface area (TPSA) is 148 Å². The molecule has 136 valence electrons. The van der Waals surface area contributed by atoms with Crippen molar-refractivity contribution >= 4 is 5.97 Å². The van der Waals surface area contributed by atoms with E-state index < -0.39 is 11.5 Å². The molecule has 2 aromatic rings. The predicted molar refractivity (Wildman–Crippen MR) is 98.1 cm³/mol. The second kappa shape index (κ2) is 10.4. The molecule has 1 unspecified atom stereocenters. The van der Waals surface area contributed by atoms with Gasteiger partial charge in [-0.2, -0.15) is 0 Å². The molecule has 0 aromatic heterocycles. The van der Waals surface area contributed by atoms with Gasteiger partial charge in [0.15, 0.2) is 5.54 Å². The molecule has 7 nitrogen and oxygen atoms in total. The van der Waals surface area contributed by atoms with Crippen molar-refractivity contribution in [3.63, 3.8) is 0 Å². The standard InChI is InChI=1S/C16H18N2O3.C2H8N2/c17-10-11-18-16(15(20)21,12-6-2-1-3-7-12)13-8-4-5-9-14(13)19;3-1-2-4/h1-9,18-19H,10-11,17H2,(H,20,21);1-4H2. The summed E-state index contributed by atoms with van der Waals surface area (Å²) >= 11 is 0. The number of benzene rings is 2. The van der Waals surface area contributed by atoms with Gasteiger partial charge in [-0.1, -0.05) is 48.5 Å². The van der Waals surface area contributed by atoms with Crippen LogP contribution in [0.4, 0.5) is 0 Å². The van der Waals surface area contributed by atoms with Crippen molar-refractivity contribution in [1.82, 2.24) is 5.32 Å². The molecule has 0 saturated carbocycles. The Morgan fingerprint density at radius 2 is 1.48 bits per heavy atom. The number of hydrogen-bond donors (Lipinski definition) is 6. The summed E-state index contributed by atoms with van der Waals surface area (Å²) in [6.07, 6.45) is 0. The Morgan fingerprint density at radius 1 is 0.920 bits per heavy atom. The molecule has 0 aliphatic rings. The zero-order valence-electron chi connectivity index (χ0n) is 14.1. The summed E-state index contributed by atoms with van der Waals surface area (Å²) in [5.74, 6) is -1.17. The van der Waals surface area contributed by atoms with Crippen LogP contribution in [0.5, 0.6) is 5.75 Å². The number of phenolic OH excluding ortho intramolecular Hbond substituents is 1. The number of nitrogens with two attached hydrogens (primary N) is 3. The van der Waals surface area contributed by atoms with Crippen LogP contribution in [0.3, 0.4) is 0 Å². The smallest absolute Gasteiger partial charge is 0.333 e. The van der Waals surface area contributed by atoms with Crippen molar-refractivity contribution in [2.45, 2.75) is 5.54 Å². The van der Waals surface area contributed by atoms with Crippen LogP contribution in [0, 0.1) is 0 Å². The molecule has 0 heterocycles. The Balaban J connectivity index is 0.000000705. The molecule has 2 rings (SSSR count). The molecule has 0 bridgehead atoms. The molecule has 0 aliphatic heterocycles. The summed E-state index contributed by atoms with van der Waals surface area (Å²) in [6.45, 7) is 1.78. The fourth-order valence-corrected chi connectivity index (χ4v) is 2.41. The number of rotatable bonds is 7. The Hall–Kier alpha value is -2.45. The summed E-state index contributed by atoms with van der Waals surface area (Å²) in [6, 6.07) is 15.2. The molecular formula is C18H26N4O3. The van der Waals surface area contributed by atoms with Crippen molar-refractivity contribution in [2.75, 3.05) is 26.2 Å². The number of carboxylic acids is 1. The molecule has 7 heteroatoms. The Kier molecular flexibility index (Phi) is 8.59. The summed E-state index contributed by atoms with van der Waals surface area (Å²) < 4.78 is 0. The molecule has 0 amide bonds. The first kappa shape index (κ1) is 20.6. The van der Waals surface area contributed by atoms with E-state index in [1.807, 2.05) is 6.07 Å². The lowest BCUT2D eigenvalue weighted by molar-refractivity contribution is -0.143. The molecule has 0 spiro atoms. The minimum absolute atomic E-state index is 0.0757. The number of nitrogens with one attached hydrogen (secondary N) is 1. The van der Waals surface area contributed by atoms with E-state index in [4.69, 9.17) is 17.2 Å². The van der Waals surface area contributed by atoms with Crippen molar-refractivity contribution in [3.8, 4) is 5.75 Å². The van der Waals surface area contributed by atoms with Gasteiger partial charge in [0.05, 0.1) is 0 Å². The number of aromatic hydroxyl groups is 1. The van der Waals surface area contributed by atoms with E-state index in [1.165, 1.54) is 6.07 Å². The lowest BCUT2D eigenvalue weighted by atomic mass is 9.82. The van der Waals surface area contributed by atoms with Gasteiger partial charge in [-0.05, 0) is 11.6 Å². The van der Waals surface area contributed by atoms with Gasteiger partial charge >= 0.3 is 5.97 Å². The maximum Gasteiger partial charge on any atom is 0.333 e. The fraction of sp³-hybridized carbons (Fsp3) is 0.278. The van der Waals surface area contributed by atoms with Gasteiger partial charge in [0.25, 0.3) is 0 Å². The molecule has 1 atom stereocenters. The third-order valence-corrected chi connectivity index (χ3v) is 3.54. The van der Waals surface area contributed by atoms with Crippen molar-refractivity contribution in [3.05, 3.63) is 65.7 Å². The number of carboxylic acid groups (broad SMARTS) is 1. The molecule has 25 heavy (non-hydrogen) atoms. The highest BCUT2D eigenvalue weighted by molar-refractivity contribution is 5.86. The maximum absolute atomic E-state index is 12.1. The van der Waals surface area contributed by atoms with Crippen LogP contribution in [0.15, 0.2) is 54.6 Å². The molecule has 0 radical (unpaired) electrons. The van der Waals surface area contributed by atoms with E-state index in [2.05, 4.69) is 5.32 Å². The summed E-state index contributed by atoms with van der Waals surface area (Å²) in [7, 11) is 0. The monoisotopic (exact) mass is 346 g/mol. The van der Waals surface area contributed by atoms with Gasteiger partial charge in [0.1, 0.15) is 5.75 Å². The van der Waals surface area contributed by atoms with Gasteiger partial charge in [-0.15, -0.1) is 0 Å². The van der Waals surface area contributed by atoms with Crippen LogP contribution in [0.2, 0.25) is 0 Å². The van der Waals surface area contributed by atoms with E-state index in [0.29, 0.717) is 25.2 Å². The quantitative estimate of drug-likeness (QED) is 0.419. The largest absolute Gasteiger partial charge is 0.508 e. The Morgan fingerprint density at radius 3 is 1.96 bits per heavy atom. The molecule has 2 aromatic carbocycles. The highest BCUT2D eigenvalue weighted by Crippen LogP contribution is 2.35. The van der Waals surface area contributed by atoms with Gasteiger partial charge in [-0.25, -0.2) is 4.79 Å². The third-order valence-electron chi connectivity index (χ3n) is 3.54.